The van der Waals surface area contributed by atoms with E-state index in [4.69, 9.17) is 0 Å². The zero-order chi connectivity index (χ0) is 13.7. The lowest BCUT2D eigenvalue weighted by atomic mass is 10.1. The van der Waals surface area contributed by atoms with Crippen molar-refractivity contribution < 1.29 is 4.39 Å². The third kappa shape index (κ3) is 4.59. The Morgan fingerprint density at radius 2 is 2.05 bits per heavy atom. The first-order valence-electron chi connectivity index (χ1n) is 7.33. The maximum atomic E-state index is 13.0. The van der Waals surface area contributed by atoms with Crippen LogP contribution in [0.25, 0.3) is 0 Å². The van der Waals surface area contributed by atoms with Crippen LogP contribution in [0.15, 0.2) is 18.2 Å². The molecule has 19 heavy (non-hydrogen) atoms. The monoisotopic (exact) mass is 264 g/mol. The van der Waals surface area contributed by atoms with Gasteiger partial charge in [-0.15, -0.1) is 0 Å². The number of rotatable bonds is 6. The molecule has 0 aliphatic carbocycles. The maximum absolute atomic E-state index is 13.0. The highest BCUT2D eigenvalue weighted by Crippen LogP contribution is 2.11. The van der Waals surface area contributed by atoms with Crippen molar-refractivity contribution in [2.24, 2.45) is 5.92 Å². The highest BCUT2D eigenvalue weighted by molar-refractivity contribution is 5.26. The lowest BCUT2D eigenvalue weighted by molar-refractivity contribution is 0.282. The van der Waals surface area contributed by atoms with Gasteiger partial charge in [-0.1, -0.05) is 13.0 Å². The van der Waals surface area contributed by atoms with Crippen molar-refractivity contribution in [3.63, 3.8) is 0 Å². The fourth-order valence-corrected chi connectivity index (χ4v) is 2.78. The Balaban J connectivity index is 1.70. The van der Waals surface area contributed by atoms with Crippen molar-refractivity contribution in [1.29, 1.82) is 0 Å². The molecule has 0 amide bonds. The molecule has 1 unspecified atom stereocenters. The van der Waals surface area contributed by atoms with E-state index in [0.717, 1.165) is 18.7 Å². The molecule has 0 saturated carbocycles. The van der Waals surface area contributed by atoms with Crippen LogP contribution in [-0.2, 0) is 6.54 Å². The Hall–Kier alpha value is -0.930. The molecule has 0 aromatic heterocycles. The molecule has 2 nitrogen and oxygen atoms in total. The first-order chi connectivity index (χ1) is 9.15. The fraction of sp³-hybridized carbons (Fsp3) is 0.625. The Morgan fingerprint density at radius 1 is 1.32 bits per heavy atom. The highest BCUT2D eigenvalue weighted by atomic mass is 19.1. The average Bonchev–Trinajstić information content (AvgIpc) is 2.84. The third-order valence-electron chi connectivity index (χ3n) is 3.88. The molecule has 1 saturated heterocycles. The molecule has 1 heterocycles. The van der Waals surface area contributed by atoms with Crippen molar-refractivity contribution in [2.45, 2.75) is 33.2 Å². The number of benzene rings is 1. The van der Waals surface area contributed by atoms with Gasteiger partial charge in [-0.3, -0.25) is 0 Å². The van der Waals surface area contributed by atoms with Gasteiger partial charge in [0.2, 0.25) is 0 Å². The van der Waals surface area contributed by atoms with Gasteiger partial charge in [-0.25, -0.2) is 4.39 Å². The lowest BCUT2D eigenvalue weighted by Crippen LogP contribution is -2.31. The van der Waals surface area contributed by atoms with Gasteiger partial charge >= 0.3 is 0 Å². The standard InChI is InChI=1S/C16H25FN2/c1-13(12-19-7-3-4-8-19)10-18-11-15-5-6-16(17)9-14(15)2/h5-6,9,13,18H,3-4,7-8,10-12H2,1-2H3. The number of nitrogens with zero attached hydrogens (tertiary/aromatic N) is 1. The zero-order valence-electron chi connectivity index (χ0n) is 12.1. The number of aryl methyl sites for hydroxylation is 1. The first-order valence-corrected chi connectivity index (χ1v) is 7.33. The zero-order valence-corrected chi connectivity index (χ0v) is 12.1. The van der Waals surface area contributed by atoms with E-state index in [-0.39, 0.29) is 5.82 Å². The summed E-state index contributed by atoms with van der Waals surface area (Å²) in [5.41, 5.74) is 2.22. The van der Waals surface area contributed by atoms with Gasteiger partial charge in [0.1, 0.15) is 5.82 Å². The number of halogens is 1. The molecule has 0 radical (unpaired) electrons. The van der Waals surface area contributed by atoms with Gasteiger partial charge in [0.25, 0.3) is 0 Å². The van der Waals surface area contributed by atoms with Crippen LogP contribution in [0.4, 0.5) is 4.39 Å². The summed E-state index contributed by atoms with van der Waals surface area (Å²) in [6.45, 7) is 9.83. The van der Waals surface area contributed by atoms with Gasteiger partial charge in [-0.2, -0.15) is 0 Å². The van der Waals surface area contributed by atoms with Gasteiger partial charge in [0, 0.05) is 13.1 Å². The Bertz CT molecular complexity index is 400. The summed E-state index contributed by atoms with van der Waals surface area (Å²) in [5, 5.41) is 3.49. The number of likely N-dealkylation sites (tertiary alicyclic amines) is 1. The van der Waals surface area contributed by atoms with E-state index in [2.05, 4.69) is 17.1 Å². The second-order valence-electron chi connectivity index (χ2n) is 5.81. The largest absolute Gasteiger partial charge is 0.312 e. The van der Waals surface area contributed by atoms with Gasteiger partial charge in [0.05, 0.1) is 0 Å². The molecular weight excluding hydrogens is 239 g/mol. The summed E-state index contributed by atoms with van der Waals surface area (Å²) in [7, 11) is 0. The van der Waals surface area contributed by atoms with Crippen molar-refractivity contribution in [2.75, 3.05) is 26.2 Å². The molecule has 1 N–H and O–H groups in total. The number of nitrogens with one attached hydrogen (secondary N) is 1. The molecular formula is C16H25FN2. The van der Waals surface area contributed by atoms with E-state index >= 15 is 0 Å². The van der Waals surface area contributed by atoms with Crippen molar-refractivity contribution >= 4 is 0 Å². The van der Waals surface area contributed by atoms with Crippen molar-refractivity contribution in [3.05, 3.63) is 35.1 Å². The minimum absolute atomic E-state index is 0.149. The average molecular weight is 264 g/mol. The highest BCUT2D eigenvalue weighted by Gasteiger charge is 2.14. The van der Waals surface area contributed by atoms with Crippen LogP contribution in [0.5, 0.6) is 0 Å². The first kappa shape index (κ1) is 14.5. The van der Waals surface area contributed by atoms with Crippen molar-refractivity contribution in [3.8, 4) is 0 Å². The van der Waals surface area contributed by atoms with E-state index < -0.39 is 0 Å². The molecule has 106 valence electrons. The minimum Gasteiger partial charge on any atom is -0.312 e. The van der Waals surface area contributed by atoms with Crippen molar-refractivity contribution in [1.82, 2.24) is 10.2 Å². The predicted molar refractivity (Wildman–Crippen MR) is 77.7 cm³/mol. The SMILES string of the molecule is Cc1cc(F)ccc1CNCC(C)CN1CCCC1. The summed E-state index contributed by atoms with van der Waals surface area (Å²) < 4.78 is 13.0. The Morgan fingerprint density at radius 3 is 2.74 bits per heavy atom. The Labute approximate surface area is 116 Å². The summed E-state index contributed by atoms with van der Waals surface area (Å²) in [5.74, 6) is 0.516. The predicted octanol–water partition coefficient (Wildman–Crippen LogP) is 2.96. The summed E-state index contributed by atoms with van der Waals surface area (Å²) in [4.78, 5) is 2.55. The van der Waals surface area contributed by atoms with E-state index in [9.17, 15) is 4.39 Å². The van der Waals surface area contributed by atoms with Gasteiger partial charge < -0.3 is 10.2 Å². The molecule has 1 aliphatic rings. The molecule has 1 aromatic rings. The van der Waals surface area contributed by atoms with Crippen LogP contribution in [0.2, 0.25) is 0 Å². The van der Waals surface area contributed by atoms with Crippen LogP contribution in [-0.4, -0.2) is 31.1 Å². The fourth-order valence-electron chi connectivity index (χ4n) is 2.78. The summed E-state index contributed by atoms with van der Waals surface area (Å²) >= 11 is 0. The molecule has 2 rings (SSSR count). The maximum Gasteiger partial charge on any atom is 0.123 e. The molecule has 0 spiro atoms. The normalized spacial score (nSPS) is 17.8. The smallest absolute Gasteiger partial charge is 0.123 e. The second kappa shape index (κ2) is 7.01. The molecule has 0 bridgehead atoms. The number of hydrogen-bond acceptors (Lipinski definition) is 2. The van der Waals surface area contributed by atoms with E-state index in [1.54, 1.807) is 6.07 Å². The van der Waals surface area contributed by atoms with Gasteiger partial charge in [0.15, 0.2) is 0 Å². The second-order valence-corrected chi connectivity index (χ2v) is 5.81. The molecule has 3 heteroatoms. The van der Waals surface area contributed by atoms with Crippen LogP contribution >= 0.6 is 0 Å². The molecule has 1 aromatic carbocycles. The molecule has 1 atom stereocenters. The van der Waals surface area contributed by atoms with Crippen LogP contribution < -0.4 is 5.32 Å². The summed E-state index contributed by atoms with van der Waals surface area (Å²) in [6, 6.07) is 5.02. The van der Waals surface area contributed by atoms with E-state index in [1.165, 1.54) is 44.1 Å². The third-order valence-corrected chi connectivity index (χ3v) is 3.88. The quantitative estimate of drug-likeness (QED) is 0.850. The van der Waals surface area contributed by atoms with Crippen LogP contribution in [0, 0.1) is 18.7 Å². The summed E-state index contributed by atoms with van der Waals surface area (Å²) in [6.07, 6.45) is 2.71. The number of hydrogen-bond donors (Lipinski definition) is 1. The molecule has 1 aliphatic heterocycles. The van der Waals surface area contributed by atoms with Crippen LogP contribution in [0.3, 0.4) is 0 Å². The van der Waals surface area contributed by atoms with Gasteiger partial charge in [-0.05, 0) is 68.6 Å². The Kier molecular flexibility index (Phi) is 5.34. The van der Waals surface area contributed by atoms with Crippen LogP contribution in [0.1, 0.15) is 30.9 Å². The topological polar surface area (TPSA) is 15.3 Å². The molecule has 1 fully saturated rings. The van der Waals surface area contributed by atoms with E-state index in [1.807, 2.05) is 13.0 Å². The van der Waals surface area contributed by atoms with E-state index in [0.29, 0.717) is 5.92 Å². The minimum atomic E-state index is -0.149. The lowest BCUT2D eigenvalue weighted by Gasteiger charge is -2.20.